The van der Waals surface area contributed by atoms with Gasteiger partial charge in [-0.25, -0.2) is 8.42 Å². The summed E-state index contributed by atoms with van der Waals surface area (Å²) in [6.07, 6.45) is 1.58. The molecule has 0 bridgehead atoms. The number of likely N-dealkylation sites (N-methyl/N-ethyl adjacent to an activating group) is 1. The van der Waals surface area contributed by atoms with Gasteiger partial charge in [-0.05, 0) is 19.9 Å². The molecule has 0 radical (unpaired) electrons. The molecule has 1 rings (SSSR count). The average molecular weight is 304 g/mol. The van der Waals surface area contributed by atoms with Crippen molar-refractivity contribution in [3.8, 4) is 0 Å². The molecule has 0 aliphatic carbocycles. The molecule has 1 N–H and O–H groups in total. The third-order valence-electron chi connectivity index (χ3n) is 3.16. The monoisotopic (exact) mass is 304 g/mol. The highest BCUT2D eigenvalue weighted by molar-refractivity contribution is 7.89. The molecule has 0 spiro atoms. The van der Waals surface area contributed by atoms with Gasteiger partial charge in [-0.1, -0.05) is 6.92 Å². The summed E-state index contributed by atoms with van der Waals surface area (Å²) < 4.78 is 33.2. The number of sulfonamides is 1. The minimum absolute atomic E-state index is 0.0927. The van der Waals surface area contributed by atoms with Crippen LogP contribution in [0.5, 0.6) is 0 Å². The van der Waals surface area contributed by atoms with Crippen LogP contribution in [-0.4, -0.2) is 49.2 Å². The van der Waals surface area contributed by atoms with Crippen LogP contribution < -0.4 is 0 Å². The fraction of sp³-hybridized carbons (Fsp3) is 0.692. The summed E-state index contributed by atoms with van der Waals surface area (Å²) >= 11 is 0. The number of rotatable bonds is 8. The molecule has 1 aromatic rings. The first-order chi connectivity index (χ1) is 9.38. The van der Waals surface area contributed by atoms with E-state index >= 15 is 0 Å². The van der Waals surface area contributed by atoms with E-state index in [-0.39, 0.29) is 17.5 Å². The van der Waals surface area contributed by atoms with Crippen LogP contribution in [0.15, 0.2) is 17.2 Å². The van der Waals surface area contributed by atoms with Crippen molar-refractivity contribution in [2.24, 2.45) is 0 Å². The highest BCUT2D eigenvalue weighted by Gasteiger charge is 2.25. The molecule has 116 valence electrons. The predicted octanol–water partition coefficient (Wildman–Crippen LogP) is 1.22. The number of aliphatic hydroxyl groups is 1. The Labute approximate surface area is 121 Å². The van der Waals surface area contributed by atoms with Crippen LogP contribution in [0.25, 0.3) is 0 Å². The lowest BCUT2D eigenvalue weighted by atomic mass is 10.3. The molecular weight excluding hydrogens is 280 g/mol. The van der Waals surface area contributed by atoms with E-state index in [9.17, 15) is 13.5 Å². The zero-order valence-electron chi connectivity index (χ0n) is 12.5. The Hall–Kier alpha value is -0.890. The van der Waals surface area contributed by atoms with Crippen molar-refractivity contribution in [3.63, 3.8) is 0 Å². The highest BCUT2D eigenvalue weighted by atomic mass is 32.2. The summed E-state index contributed by atoms with van der Waals surface area (Å²) in [5.74, 6) is 0. The van der Waals surface area contributed by atoms with Crippen molar-refractivity contribution in [1.29, 1.82) is 0 Å². The van der Waals surface area contributed by atoms with Gasteiger partial charge in [0.25, 0.3) is 0 Å². The van der Waals surface area contributed by atoms with Gasteiger partial charge in [0.2, 0.25) is 10.0 Å². The third kappa shape index (κ3) is 3.60. The third-order valence-corrected chi connectivity index (χ3v) is 5.10. The SMILES string of the molecule is CCN(CCOC)S(=O)(=O)c1cc(CO)n(C(C)C)c1. The molecule has 0 aromatic carbocycles. The number of nitrogens with zero attached hydrogens (tertiary/aromatic N) is 2. The zero-order valence-corrected chi connectivity index (χ0v) is 13.4. The molecule has 1 aromatic heterocycles. The first kappa shape index (κ1) is 17.2. The van der Waals surface area contributed by atoms with Gasteiger partial charge in [-0.2, -0.15) is 4.31 Å². The Morgan fingerprint density at radius 3 is 2.50 bits per heavy atom. The molecule has 1 heterocycles. The largest absolute Gasteiger partial charge is 0.390 e. The molecule has 0 saturated carbocycles. The van der Waals surface area contributed by atoms with Crippen molar-refractivity contribution in [1.82, 2.24) is 8.87 Å². The maximum absolute atomic E-state index is 12.5. The van der Waals surface area contributed by atoms with Crippen molar-refractivity contribution < 1.29 is 18.3 Å². The number of ether oxygens (including phenoxy) is 1. The summed E-state index contributed by atoms with van der Waals surface area (Å²) in [6.45, 7) is 6.54. The molecule has 0 unspecified atom stereocenters. The fourth-order valence-electron chi connectivity index (χ4n) is 2.04. The highest BCUT2D eigenvalue weighted by Crippen LogP contribution is 2.22. The van der Waals surface area contributed by atoms with E-state index in [1.54, 1.807) is 24.8 Å². The van der Waals surface area contributed by atoms with Gasteiger partial charge in [0, 0.05) is 38.1 Å². The summed E-state index contributed by atoms with van der Waals surface area (Å²) in [5.41, 5.74) is 0.598. The molecule has 0 saturated heterocycles. The van der Waals surface area contributed by atoms with Crippen molar-refractivity contribution in [2.45, 2.75) is 38.3 Å². The van der Waals surface area contributed by atoms with Gasteiger partial charge in [0.05, 0.1) is 13.2 Å². The van der Waals surface area contributed by atoms with Gasteiger partial charge >= 0.3 is 0 Å². The van der Waals surface area contributed by atoms with Crippen LogP contribution in [0.2, 0.25) is 0 Å². The Balaban J connectivity index is 3.14. The Morgan fingerprint density at radius 1 is 1.45 bits per heavy atom. The standard InChI is InChI=1S/C13H24N2O4S/c1-5-14(6-7-19-4)20(17,18)13-8-12(10-16)15(9-13)11(2)3/h8-9,11,16H,5-7,10H2,1-4H3. The van der Waals surface area contributed by atoms with E-state index < -0.39 is 10.0 Å². The second-order valence-electron chi connectivity index (χ2n) is 4.82. The number of hydrogen-bond donors (Lipinski definition) is 1. The molecule has 0 aliphatic rings. The minimum Gasteiger partial charge on any atom is -0.390 e. The number of aromatic nitrogens is 1. The van der Waals surface area contributed by atoms with Gasteiger partial charge in [-0.3, -0.25) is 0 Å². The molecule has 0 aliphatic heterocycles. The van der Waals surface area contributed by atoms with Gasteiger partial charge in [-0.15, -0.1) is 0 Å². The molecule has 20 heavy (non-hydrogen) atoms. The van der Waals surface area contributed by atoms with E-state index in [2.05, 4.69) is 0 Å². The summed E-state index contributed by atoms with van der Waals surface area (Å²) in [5, 5.41) is 9.33. The minimum atomic E-state index is -3.55. The van der Waals surface area contributed by atoms with E-state index in [1.165, 1.54) is 10.4 Å². The van der Waals surface area contributed by atoms with Gasteiger partial charge < -0.3 is 14.4 Å². The number of hydrogen-bond acceptors (Lipinski definition) is 4. The smallest absolute Gasteiger partial charge is 0.244 e. The number of methoxy groups -OCH3 is 1. The van der Waals surface area contributed by atoms with Crippen LogP contribution in [-0.2, 0) is 21.4 Å². The zero-order chi connectivity index (χ0) is 15.3. The van der Waals surface area contributed by atoms with Crippen LogP contribution in [0, 0.1) is 0 Å². The maximum Gasteiger partial charge on any atom is 0.244 e. The summed E-state index contributed by atoms with van der Waals surface area (Å²) in [4.78, 5) is 0.216. The van der Waals surface area contributed by atoms with E-state index in [1.807, 2.05) is 13.8 Å². The first-order valence-electron chi connectivity index (χ1n) is 6.69. The van der Waals surface area contributed by atoms with Crippen LogP contribution in [0.4, 0.5) is 0 Å². The predicted molar refractivity (Wildman–Crippen MR) is 77.0 cm³/mol. The van der Waals surface area contributed by atoms with Crippen molar-refractivity contribution in [3.05, 3.63) is 18.0 Å². The molecule has 7 heteroatoms. The van der Waals surface area contributed by atoms with Crippen molar-refractivity contribution >= 4 is 10.0 Å². The first-order valence-corrected chi connectivity index (χ1v) is 8.13. The number of aliphatic hydroxyl groups excluding tert-OH is 1. The Morgan fingerprint density at radius 2 is 2.10 bits per heavy atom. The van der Waals surface area contributed by atoms with Gasteiger partial charge in [0.15, 0.2) is 0 Å². The molecule has 6 nitrogen and oxygen atoms in total. The van der Waals surface area contributed by atoms with Crippen LogP contribution >= 0.6 is 0 Å². The second kappa shape index (κ2) is 7.21. The topological polar surface area (TPSA) is 71.8 Å². The summed E-state index contributed by atoms with van der Waals surface area (Å²) in [6, 6.07) is 1.63. The van der Waals surface area contributed by atoms with E-state index in [4.69, 9.17) is 4.74 Å². The summed E-state index contributed by atoms with van der Waals surface area (Å²) in [7, 11) is -2.01. The Bertz CT molecular complexity index is 522. The molecule has 0 fully saturated rings. The van der Waals surface area contributed by atoms with Crippen LogP contribution in [0.3, 0.4) is 0 Å². The average Bonchev–Trinajstić information content (AvgIpc) is 2.84. The normalized spacial score (nSPS) is 12.6. The maximum atomic E-state index is 12.5. The molecular formula is C13H24N2O4S. The fourth-order valence-corrected chi connectivity index (χ4v) is 3.52. The molecule has 0 amide bonds. The lowest BCUT2D eigenvalue weighted by molar-refractivity contribution is 0.180. The van der Waals surface area contributed by atoms with E-state index in [0.29, 0.717) is 25.4 Å². The molecule has 0 atom stereocenters. The van der Waals surface area contributed by atoms with Gasteiger partial charge in [0.1, 0.15) is 4.90 Å². The quantitative estimate of drug-likeness (QED) is 0.784. The van der Waals surface area contributed by atoms with E-state index in [0.717, 1.165) is 0 Å². The lowest BCUT2D eigenvalue weighted by Crippen LogP contribution is -2.33. The second-order valence-corrected chi connectivity index (χ2v) is 6.75. The van der Waals surface area contributed by atoms with Crippen LogP contribution in [0.1, 0.15) is 32.5 Å². The Kier molecular flexibility index (Phi) is 6.19. The lowest BCUT2D eigenvalue weighted by Gasteiger charge is -2.19. The van der Waals surface area contributed by atoms with Crippen molar-refractivity contribution in [2.75, 3.05) is 26.8 Å².